The van der Waals surface area contributed by atoms with E-state index in [9.17, 15) is 14.9 Å². The summed E-state index contributed by atoms with van der Waals surface area (Å²) in [5.41, 5.74) is 1.40. The van der Waals surface area contributed by atoms with Crippen LogP contribution >= 0.6 is 11.8 Å². The molecule has 1 aliphatic heterocycles. The number of nitro benzene ring substituents is 1. The lowest BCUT2D eigenvalue weighted by atomic mass is 10.2. The Morgan fingerprint density at radius 1 is 1.19 bits per heavy atom. The Balaban J connectivity index is 1.67. The molecule has 1 aliphatic rings. The van der Waals surface area contributed by atoms with Gasteiger partial charge in [0, 0.05) is 29.6 Å². The van der Waals surface area contributed by atoms with Crippen LogP contribution in [0.15, 0.2) is 52.3 Å². The number of amides is 1. The summed E-state index contributed by atoms with van der Waals surface area (Å²) in [5.74, 6) is -0.274. The summed E-state index contributed by atoms with van der Waals surface area (Å²) in [5, 5.41) is 14.3. The molecule has 7 heteroatoms. The van der Waals surface area contributed by atoms with Crippen LogP contribution in [0.25, 0.3) is 0 Å². The molecule has 1 N–H and O–H groups in total. The largest absolute Gasteiger partial charge is 0.351 e. The normalized spacial score (nSPS) is 14.3. The van der Waals surface area contributed by atoms with E-state index in [1.165, 1.54) is 30.7 Å². The van der Waals surface area contributed by atoms with Gasteiger partial charge in [0.2, 0.25) is 0 Å². The lowest BCUT2D eigenvalue weighted by Gasteiger charge is -2.14. The number of nitro groups is 1. The van der Waals surface area contributed by atoms with Gasteiger partial charge in [-0.25, -0.2) is 0 Å². The third kappa shape index (κ3) is 5.30. The minimum atomic E-state index is -0.433. The van der Waals surface area contributed by atoms with Crippen LogP contribution in [0.1, 0.15) is 28.8 Å². The van der Waals surface area contributed by atoms with E-state index in [0.717, 1.165) is 30.1 Å². The molecule has 27 heavy (non-hydrogen) atoms. The van der Waals surface area contributed by atoms with Crippen molar-refractivity contribution < 1.29 is 9.72 Å². The summed E-state index contributed by atoms with van der Waals surface area (Å²) in [6.07, 6.45) is 2.42. The second-order valence-corrected chi connectivity index (χ2v) is 7.77. The van der Waals surface area contributed by atoms with Gasteiger partial charge < -0.3 is 10.2 Å². The van der Waals surface area contributed by atoms with Crippen LogP contribution in [0.2, 0.25) is 0 Å². The zero-order chi connectivity index (χ0) is 19.2. The lowest BCUT2D eigenvalue weighted by Crippen LogP contribution is -2.33. The van der Waals surface area contributed by atoms with Gasteiger partial charge in [0.15, 0.2) is 0 Å². The highest BCUT2D eigenvalue weighted by molar-refractivity contribution is 7.99. The van der Waals surface area contributed by atoms with Gasteiger partial charge in [-0.15, -0.1) is 0 Å². The first-order valence-electron chi connectivity index (χ1n) is 9.06. The summed E-state index contributed by atoms with van der Waals surface area (Å²) < 4.78 is 0. The van der Waals surface area contributed by atoms with Crippen molar-refractivity contribution >= 4 is 23.4 Å². The van der Waals surface area contributed by atoms with Gasteiger partial charge in [-0.3, -0.25) is 14.9 Å². The van der Waals surface area contributed by atoms with Crippen molar-refractivity contribution in [2.24, 2.45) is 0 Å². The quantitative estimate of drug-likeness (QED) is 0.578. The maximum atomic E-state index is 12.3. The molecule has 142 valence electrons. The van der Waals surface area contributed by atoms with Crippen molar-refractivity contribution in [2.45, 2.75) is 29.6 Å². The zero-order valence-corrected chi connectivity index (χ0v) is 16.1. The number of carbonyl (C=O) groups excluding carboxylic acids is 1. The van der Waals surface area contributed by atoms with Gasteiger partial charge in [-0.1, -0.05) is 29.5 Å². The maximum Gasteiger partial charge on any atom is 0.284 e. The minimum Gasteiger partial charge on any atom is -0.351 e. The van der Waals surface area contributed by atoms with E-state index in [1.807, 2.05) is 31.2 Å². The fourth-order valence-corrected chi connectivity index (χ4v) is 3.96. The maximum absolute atomic E-state index is 12.3. The van der Waals surface area contributed by atoms with E-state index < -0.39 is 4.92 Å². The van der Waals surface area contributed by atoms with Crippen LogP contribution in [0.3, 0.4) is 0 Å². The Morgan fingerprint density at radius 3 is 2.56 bits per heavy atom. The van der Waals surface area contributed by atoms with E-state index in [-0.39, 0.29) is 11.6 Å². The molecule has 2 aromatic rings. The van der Waals surface area contributed by atoms with E-state index in [1.54, 1.807) is 12.1 Å². The zero-order valence-electron chi connectivity index (χ0n) is 15.3. The predicted molar refractivity (Wildman–Crippen MR) is 106 cm³/mol. The molecule has 0 unspecified atom stereocenters. The summed E-state index contributed by atoms with van der Waals surface area (Å²) in [4.78, 5) is 27.1. The highest BCUT2D eigenvalue weighted by atomic mass is 32.2. The number of nitrogens with zero attached hydrogens (tertiary/aromatic N) is 2. The Hall–Kier alpha value is -2.38. The number of benzene rings is 2. The fraction of sp³-hybridized carbons (Fsp3) is 0.350. The molecule has 6 nitrogen and oxygen atoms in total. The van der Waals surface area contributed by atoms with Crippen LogP contribution < -0.4 is 5.32 Å². The predicted octanol–water partition coefficient (Wildman–Crippen LogP) is 3.88. The van der Waals surface area contributed by atoms with Crippen LogP contribution in [0.4, 0.5) is 5.69 Å². The first kappa shape index (κ1) is 19.4. The molecule has 3 rings (SSSR count). The number of aryl methyl sites for hydroxylation is 1. The SMILES string of the molecule is Cc1ccc(Sc2ccc(C(=O)NCCN3CCCC3)cc2[N+](=O)[O-])cc1. The molecule has 0 bridgehead atoms. The van der Waals surface area contributed by atoms with Gasteiger partial charge in [0.1, 0.15) is 0 Å². The molecule has 1 amide bonds. The topological polar surface area (TPSA) is 75.5 Å². The van der Waals surface area contributed by atoms with Crippen molar-refractivity contribution in [1.29, 1.82) is 0 Å². The Bertz CT molecular complexity index is 818. The molecule has 0 radical (unpaired) electrons. The minimum absolute atomic E-state index is 0.0484. The van der Waals surface area contributed by atoms with Crippen LogP contribution in [0, 0.1) is 17.0 Å². The highest BCUT2D eigenvalue weighted by Gasteiger charge is 2.19. The standard InChI is InChI=1S/C20H23N3O3S/c1-15-4-7-17(8-5-15)27-19-9-6-16(14-18(19)23(25)26)20(24)21-10-13-22-11-2-3-12-22/h4-9,14H,2-3,10-13H2,1H3,(H,21,24). The average molecular weight is 385 g/mol. The van der Waals surface area contributed by atoms with Crippen molar-refractivity contribution in [3.63, 3.8) is 0 Å². The summed E-state index contributed by atoms with van der Waals surface area (Å²) in [6, 6.07) is 12.5. The van der Waals surface area contributed by atoms with Crippen LogP contribution in [0.5, 0.6) is 0 Å². The molecule has 0 spiro atoms. The lowest BCUT2D eigenvalue weighted by molar-refractivity contribution is -0.387. The van der Waals surface area contributed by atoms with Gasteiger partial charge in [0.05, 0.1) is 9.82 Å². The summed E-state index contributed by atoms with van der Waals surface area (Å²) >= 11 is 1.33. The smallest absolute Gasteiger partial charge is 0.284 e. The molecular formula is C20H23N3O3S. The fourth-order valence-electron chi connectivity index (χ4n) is 3.06. The summed E-state index contributed by atoms with van der Waals surface area (Å²) in [6.45, 7) is 5.51. The molecule has 1 saturated heterocycles. The molecule has 1 fully saturated rings. The van der Waals surface area contributed by atoms with Crippen molar-refractivity contribution in [1.82, 2.24) is 10.2 Å². The highest BCUT2D eigenvalue weighted by Crippen LogP contribution is 2.35. The van der Waals surface area contributed by atoms with E-state index in [4.69, 9.17) is 0 Å². The van der Waals surface area contributed by atoms with Gasteiger partial charge in [0.25, 0.3) is 11.6 Å². The van der Waals surface area contributed by atoms with Gasteiger partial charge in [-0.05, 0) is 57.1 Å². The van der Waals surface area contributed by atoms with Crippen LogP contribution in [-0.4, -0.2) is 41.9 Å². The number of hydrogen-bond donors (Lipinski definition) is 1. The Morgan fingerprint density at radius 2 is 1.89 bits per heavy atom. The number of hydrogen-bond acceptors (Lipinski definition) is 5. The third-order valence-electron chi connectivity index (χ3n) is 4.58. The van der Waals surface area contributed by atoms with Gasteiger partial charge >= 0.3 is 0 Å². The molecular weight excluding hydrogens is 362 g/mol. The number of rotatable bonds is 7. The Labute approximate surface area is 163 Å². The van der Waals surface area contributed by atoms with E-state index >= 15 is 0 Å². The first-order valence-corrected chi connectivity index (χ1v) is 9.88. The molecule has 0 atom stereocenters. The summed E-state index contributed by atoms with van der Waals surface area (Å²) in [7, 11) is 0. The molecule has 0 saturated carbocycles. The molecule has 0 aliphatic carbocycles. The third-order valence-corrected chi connectivity index (χ3v) is 5.65. The average Bonchev–Trinajstić information content (AvgIpc) is 3.17. The van der Waals surface area contributed by atoms with E-state index in [2.05, 4.69) is 10.2 Å². The van der Waals surface area contributed by atoms with Crippen molar-refractivity contribution in [2.75, 3.05) is 26.2 Å². The second kappa shape index (κ2) is 9.01. The number of likely N-dealkylation sites (tertiary alicyclic amines) is 1. The molecule has 1 heterocycles. The molecule has 0 aromatic heterocycles. The number of nitrogens with one attached hydrogen (secondary N) is 1. The van der Waals surface area contributed by atoms with E-state index in [0.29, 0.717) is 17.0 Å². The molecule has 2 aromatic carbocycles. The number of carbonyl (C=O) groups is 1. The monoisotopic (exact) mass is 385 g/mol. The van der Waals surface area contributed by atoms with Crippen molar-refractivity contribution in [3.05, 3.63) is 63.7 Å². The van der Waals surface area contributed by atoms with Gasteiger partial charge in [-0.2, -0.15) is 0 Å². The van der Waals surface area contributed by atoms with Crippen molar-refractivity contribution in [3.8, 4) is 0 Å². The second-order valence-electron chi connectivity index (χ2n) is 6.66. The van der Waals surface area contributed by atoms with Crippen LogP contribution in [-0.2, 0) is 0 Å². The first-order chi connectivity index (χ1) is 13.0. The Kier molecular flexibility index (Phi) is 6.47.